The van der Waals surface area contributed by atoms with Crippen LogP contribution in [-0.2, 0) is 0 Å². The van der Waals surface area contributed by atoms with Crippen LogP contribution in [0.1, 0.15) is 61.2 Å². The number of hydrogen-bond acceptors (Lipinski definition) is 7. The summed E-state index contributed by atoms with van der Waals surface area (Å²) < 4.78 is 20.6. The molecule has 6 heterocycles. The van der Waals surface area contributed by atoms with Gasteiger partial charge < -0.3 is 34.1 Å². The Hall–Kier alpha value is -5.06. The number of nitrogens with one attached hydrogen (secondary N) is 3. The van der Waals surface area contributed by atoms with E-state index in [4.69, 9.17) is 24.2 Å². The number of methoxy groups -OCH3 is 2. The number of likely N-dealkylation sites (tertiary alicyclic amines) is 1. The van der Waals surface area contributed by atoms with E-state index in [0.717, 1.165) is 93.6 Å². The summed E-state index contributed by atoms with van der Waals surface area (Å²) >= 11 is 0. The van der Waals surface area contributed by atoms with Crippen molar-refractivity contribution in [1.29, 1.82) is 0 Å². The molecule has 0 aliphatic carbocycles. The minimum Gasteiger partial charge on any atom is -0.497 e. The molecule has 0 radical (unpaired) electrons. The predicted molar refractivity (Wildman–Crippen MR) is 185 cm³/mol. The van der Waals surface area contributed by atoms with Crippen LogP contribution >= 0.6 is 0 Å². The Morgan fingerprint density at radius 2 is 1.56 bits per heavy atom. The maximum Gasteiger partial charge on any atom is 0.203 e. The molecule has 0 amide bonds. The van der Waals surface area contributed by atoms with E-state index < -0.39 is 6.23 Å². The number of H-pyrrole nitrogens is 2. The zero-order chi connectivity index (χ0) is 32.4. The monoisotopic (exact) mass is 641 g/mol. The smallest absolute Gasteiger partial charge is 0.203 e. The highest BCUT2D eigenvalue weighted by Gasteiger charge is 2.31. The van der Waals surface area contributed by atoms with Crippen LogP contribution in [0.25, 0.3) is 44.7 Å². The van der Waals surface area contributed by atoms with E-state index in [2.05, 4.69) is 74.3 Å². The molecule has 244 valence electrons. The van der Waals surface area contributed by atoms with Crippen LogP contribution in [0.5, 0.6) is 17.2 Å². The Morgan fingerprint density at radius 3 is 2.29 bits per heavy atom. The van der Waals surface area contributed by atoms with Crippen LogP contribution in [-0.4, -0.2) is 63.8 Å². The number of ether oxygens (including phenoxy) is 3. The maximum absolute atomic E-state index is 6.96. The summed E-state index contributed by atoms with van der Waals surface area (Å²) in [6.07, 6.45) is 8.03. The summed E-state index contributed by atoms with van der Waals surface area (Å²) in [5.74, 6) is 4.25. The highest BCUT2D eigenvalue weighted by atomic mass is 16.5. The van der Waals surface area contributed by atoms with Crippen molar-refractivity contribution in [1.82, 2.24) is 34.7 Å². The van der Waals surface area contributed by atoms with Gasteiger partial charge in [0.1, 0.15) is 28.9 Å². The number of imidazole rings is 2. The lowest BCUT2D eigenvalue weighted by molar-refractivity contribution is 0.172. The van der Waals surface area contributed by atoms with Crippen molar-refractivity contribution in [2.45, 2.75) is 44.0 Å². The standard InChI is InChI=1S/C38H39N7O3/c1-44-13-5-7-33(44)37-41-21-31(43-37)23-8-10-28-34-17-24-14-22(30-20-40-36(42-30)29-6-4-12-39-29)9-11-32(24)45(34)38(48-35(28)18-23)25-15-26(46-2)19-27(16-25)47-3/h8-11,14-21,29,33,38-39H,4-7,12-13H2,1-3H3,(H,40,42)(H,41,43). The average Bonchev–Trinajstić information content (AvgIpc) is 3.96. The molecule has 10 nitrogen and oxygen atoms in total. The van der Waals surface area contributed by atoms with Crippen molar-refractivity contribution >= 4 is 10.9 Å². The van der Waals surface area contributed by atoms with Gasteiger partial charge in [-0.1, -0.05) is 12.1 Å². The lowest BCUT2D eigenvalue weighted by Gasteiger charge is -2.31. The second-order valence-electron chi connectivity index (χ2n) is 13.2. The van der Waals surface area contributed by atoms with Crippen molar-refractivity contribution in [3.05, 3.63) is 90.3 Å². The first-order valence-corrected chi connectivity index (χ1v) is 16.8. The Morgan fingerprint density at radius 1 is 0.812 bits per heavy atom. The molecule has 6 aromatic rings. The quantitative estimate of drug-likeness (QED) is 0.169. The van der Waals surface area contributed by atoms with E-state index in [-0.39, 0.29) is 0 Å². The lowest BCUT2D eigenvalue weighted by atomic mass is 10.0. The molecule has 3 aromatic carbocycles. The van der Waals surface area contributed by atoms with E-state index in [1.807, 2.05) is 30.6 Å². The van der Waals surface area contributed by atoms with E-state index in [1.165, 1.54) is 12.8 Å². The number of rotatable bonds is 7. The Balaban J connectivity index is 1.15. The number of aromatic nitrogens is 5. The molecular formula is C38H39N7O3. The van der Waals surface area contributed by atoms with Gasteiger partial charge in [0.2, 0.25) is 6.23 Å². The third-order valence-corrected chi connectivity index (χ3v) is 10.3. The first kappa shape index (κ1) is 29.1. The first-order valence-electron chi connectivity index (χ1n) is 16.8. The molecule has 3 unspecified atom stereocenters. The van der Waals surface area contributed by atoms with Gasteiger partial charge in [0.15, 0.2) is 0 Å². The lowest BCUT2D eigenvalue weighted by Crippen LogP contribution is -2.22. The fourth-order valence-corrected chi connectivity index (χ4v) is 7.71. The Bertz CT molecular complexity index is 2120. The van der Waals surface area contributed by atoms with E-state index >= 15 is 0 Å². The third kappa shape index (κ3) is 4.86. The summed E-state index contributed by atoms with van der Waals surface area (Å²) in [5.41, 5.74) is 8.26. The minimum absolute atomic E-state index is 0.292. The van der Waals surface area contributed by atoms with Gasteiger partial charge in [0.05, 0.1) is 61.3 Å². The van der Waals surface area contributed by atoms with Crippen molar-refractivity contribution in [2.75, 3.05) is 34.4 Å². The largest absolute Gasteiger partial charge is 0.497 e. The van der Waals surface area contributed by atoms with Crippen LogP contribution in [0, 0.1) is 0 Å². The van der Waals surface area contributed by atoms with Gasteiger partial charge in [-0.05, 0) is 88.3 Å². The summed E-state index contributed by atoms with van der Waals surface area (Å²) in [6, 6.07) is 21.9. The fraction of sp³-hybridized carbons (Fsp3) is 0.316. The topological polar surface area (TPSA) is 105 Å². The highest BCUT2D eigenvalue weighted by molar-refractivity contribution is 5.92. The van der Waals surface area contributed by atoms with Crippen molar-refractivity contribution in [3.8, 4) is 51.0 Å². The van der Waals surface area contributed by atoms with Gasteiger partial charge in [-0.25, -0.2) is 9.97 Å². The molecule has 3 atom stereocenters. The van der Waals surface area contributed by atoms with Crippen LogP contribution in [0.4, 0.5) is 0 Å². The summed E-state index contributed by atoms with van der Waals surface area (Å²) in [5, 5.41) is 4.66. The molecule has 0 bridgehead atoms. The highest BCUT2D eigenvalue weighted by Crippen LogP contribution is 2.47. The molecule has 0 saturated carbocycles. The molecule has 10 heteroatoms. The number of aromatic amines is 2. The van der Waals surface area contributed by atoms with Crippen molar-refractivity contribution in [3.63, 3.8) is 0 Å². The maximum atomic E-state index is 6.96. The van der Waals surface area contributed by atoms with Gasteiger partial charge in [-0.15, -0.1) is 0 Å². The summed E-state index contributed by atoms with van der Waals surface area (Å²) in [7, 11) is 5.51. The zero-order valence-electron chi connectivity index (χ0n) is 27.4. The second kappa shape index (κ2) is 11.6. The summed E-state index contributed by atoms with van der Waals surface area (Å²) in [6.45, 7) is 2.13. The van der Waals surface area contributed by atoms with Crippen LogP contribution in [0.3, 0.4) is 0 Å². The summed E-state index contributed by atoms with van der Waals surface area (Å²) in [4.78, 5) is 19.0. The first-order chi connectivity index (χ1) is 23.6. The SMILES string of the molecule is COc1cc(OC)cc(C2Oc3cc(-c4cnc(C5CCCN5C)[nH]4)ccc3-c3cc4cc(-c5cnc(C6CCCN6)[nH]5)ccc4n32)c1. The van der Waals surface area contributed by atoms with Gasteiger partial charge in [-0.2, -0.15) is 0 Å². The fourth-order valence-electron chi connectivity index (χ4n) is 7.71. The molecule has 3 aromatic heterocycles. The van der Waals surface area contributed by atoms with Gasteiger partial charge in [0, 0.05) is 33.7 Å². The van der Waals surface area contributed by atoms with Crippen molar-refractivity contribution in [2.24, 2.45) is 0 Å². The van der Waals surface area contributed by atoms with Gasteiger partial charge in [-0.3, -0.25) is 4.90 Å². The minimum atomic E-state index is -0.452. The number of benzene rings is 3. The third-order valence-electron chi connectivity index (χ3n) is 10.3. The van der Waals surface area contributed by atoms with Crippen LogP contribution in [0.15, 0.2) is 73.1 Å². The molecule has 2 fully saturated rings. The van der Waals surface area contributed by atoms with Crippen LogP contribution in [0.2, 0.25) is 0 Å². The predicted octanol–water partition coefficient (Wildman–Crippen LogP) is 7.24. The number of fused-ring (bicyclic) bond motifs is 5. The van der Waals surface area contributed by atoms with Gasteiger partial charge in [0.25, 0.3) is 0 Å². The van der Waals surface area contributed by atoms with Crippen LogP contribution < -0.4 is 19.5 Å². The molecule has 48 heavy (non-hydrogen) atoms. The molecule has 3 aliphatic rings. The molecule has 3 N–H and O–H groups in total. The Labute approximate surface area is 279 Å². The number of nitrogens with zero attached hydrogens (tertiary/aromatic N) is 4. The van der Waals surface area contributed by atoms with E-state index in [1.54, 1.807) is 14.2 Å². The number of hydrogen-bond donors (Lipinski definition) is 3. The second-order valence-corrected chi connectivity index (χ2v) is 13.2. The molecule has 3 aliphatic heterocycles. The zero-order valence-corrected chi connectivity index (χ0v) is 27.4. The van der Waals surface area contributed by atoms with Gasteiger partial charge >= 0.3 is 0 Å². The molecule has 2 saturated heterocycles. The molecule has 0 spiro atoms. The van der Waals surface area contributed by atoms with E-state index in [9.17, 15) is 0 Å². The van der Waals surface area contributed by atoms with Crippen molar-refractivity contribution < 1.29 is 14.2 Å². The average molecular weight is 642 g/mol. The normalized spacial score (nSPS) is 20.5. The Kier molecular flexibility index (Phi) is 7.02. The molecular weight excluding hydrogens is 602 g/mol. The van der Waals surface area contributed by atoms with E-state index in [0.29, 0.717) is 23.6 Å². The molecule has 9 rings (SSSR count).